The first kappa shape index (κ1) is 11.6. The molecule has 3 unspecified atom stereocenters. The SMILES string of the molecule is CC(=O)C1CCC(F)CC1OC(C)C. The van der Waals surface area contributed by atoms with Crippen molar-refractivity contribution >= 4 is 5.78 Å². The Hall–Kier alpha value is -0.440. The second-order valence-electron chi connectivity index (χ2n) is 4.35. The molecule has 1 rings (SSSR count). The Labute approximate surface area is 84.8 Å². The highest BCUT2D eigenvalue weighted by atomic mass is 19.1. The minimum Gasteiger partial charge on any atom is -0.375 e. The molecule has 1 saturated carbocycles. The smallest absolute Gasteiger partial charge is 0.135 e. The molecule has 3 atom stereocenters. The summed E-state index contributed by atoms with van der Waals surface area (Å²) in [4.78, 5) is 11.3. The van der Waals surface area contributed by atoms with Crippen LogP contribution in [0.15, 0.2) is 0 Å². The zero-order valence-electron chi connectivity index (χ0n) is 9.13. The molecule has 1 aliphatic rings. The van der Waals surface area contributed by atoms with Gasteiger partial charge in [0.2, 0.25) is 0 Å². The summed E-state index contributed by atoms with van der Waals surface area (Å²) in [5.74, 6) is 0.0342. The summed E-state index contributed by atoms with van der Waals surface area (Å²) in [6, 6.07) is 0. The first-order chi connectivity index (χ1) is 6.50. The standard InChI is InChI=1S/C11H19FO2/c1-7(2)14-11-6-9(12)4-5-10(11)8(3)13/h7,9-11H,4-6H2,1-3H3. The van der Waals surface area contributed by atoms with Gasteiger partial charge in [-0.3, -0.25) is 4.79 Å². The van der Waals surface area contributed by atoms with E-state index in [1.54, 1.807) is 6.92 Å². The van der Waals surface area contributed by atoms with Gasteiger partial charge in [-0.15, -0.1) is 0 Å². The van der Waals surface area contributed by atoms with Crippen LogP contribution in [0.25, 0.3) is 0 Å². The molecule has 0 aromatic rings. The highest BCUT2D eigenvalue weighted by molar-refractivity contribution is 5.79. The number of rotatable bonds is 3. The van der Waals surface area contributed by atoms with Crippen molar-refractivity contribution in [3.8, 4) is 0 Å². The molecule has 14 heavy (non-hydrogen) atoms. The van der Waals surface area contributed by atoms with Crippen LogP contribution in [-0.4, -0.2) is 24.2 Å². The summed E-state index contributed by atoms with van der Waals surface area (Å²) in [6.45, 7) is 5.40. The molecule has 0 radical (unpaired) electrons. The van der Waals surface area contributed by atoms with Crippen molar-refractivity contribution in [2.45, 2.75) is 58.4 Å². The third kappa shape index (κ3) is 3.05. The van der Waals surface area contributed by atoms with Gasteiger partial charge in [-0.05, 0) is 33.6 Å². The van der Waals surface area contributed by atoms with E-state index in [0.717, 1.165) is 0 Å². The lowest BCUT2D eigenvalue weighted by molar-refractivity contribution is -0.132. The third-order valence-corrected chi connectivity index (χ3v) is 2.70. The summed E-state index contributed by atoms with van der Waals surface area (Å²) in [7, 11) is 0. The summed E-state index contributed by atoms with van der Waals surface area (Å²) in [5.41, 5.74) is 0. The molecule has 1 aliphatic carbocycles. The molecule has 0 heterocycles. The maximum absolute atomic E-state index is 13.1. The van der Waals surface area contributed by atoms with Crippen molar-refractivity contribution in [1.29, 1.82) is 0 Å². The van der Waals surface area contributed by atoms with E-state index in [0.29, 0.717) is 19.3 Å². The van der Waals surface area contributed by atoms with E-state index in [1.165, 1.54) is 0 Å². The van der Waals surface area contributed by atoms with Crippen LogP contribution >= 0.6 is 0 Å². The van der Waals surface area contributed by atoms with Gasteiger partial charge in [-0.25, -0.2) is 4.39 Å². The van der Waals surface area contributed by atoms with Gasteiger partial charge in [0.1, 0.15) is 12.0 Å². The van der Waals surface area contributed by atoms with Crippen LogP contribution < -0.4 is 0 Å². The lowest BCUT2D eigenvalue weighted by Crippen LogP contribution is -2.38. The van der Waals surface area contributed by atoms with Crippen LogP contribution in [0, 0.1) is 5.92 Å². The molecule has 0 aromatic carbocycles. The van der Waals surface area contributed by atoms with Gasteiger partial charge in [-0.1, -0.05) is 0 Å². The van der Waals surface area contributed by atoms with Crippen LogP contribution in [0.3, 0.4) is 0 Å². The van der Waals surface area contributed by atoms with Crippen LogP contribution in [-0.2, 0) is 9.53 Å². The molecule has 2 nitrogen and oxygen atoms in total. The molecule has 82 valence electrons. The molecule has 0 aliphatic heterocycles. The summed E-state index contributed by atoms with van der Waals surface area (Å²) in [5, 5.41) is 0. The van der Waals surface area contributed by atoms with Gasteiger partial charge in [0.15, 0.2) is 0 Å². The zero-order valence-corrected chi connectivity index (χ0v) is 9.13. The predicted octanol–water partition coefficient (Wildman–Crippen LogP) is 2.51. The van der Waals surface area contributed by atoms with Gasteiger partial charge in [0.05, 0.1) is 12.2 Å². The number of carbonyl (C=O) groups excluding carboxylic acids is 1. The molecule has 0 bridgehead atoms. The van der Waals surface area contributed by atoms with E-state index < -0.39 is 6.17 Å². The normalized spacial score (nSPS) is 33.4. The highest BCUT2D eigenvalue weighted by Gasteiger charge is 2.34. The Bertz CT molecular complexity index is 201. The predicted molar refractivity (Wildman–Crippen MR) is 52.9 cm³/mol. The molecular weight excluding hydrogens is 183 g/mol. The van der Waals surface area contributed by atoms with Gasteiger partial charge >= 0.3 is 0 Å². The number of Topliss-reactive ketones (excluding diaryl/α,β-unsaturated/α-hetero) is 1. The molecule has 0 spiro atoms. The highest BCUT2D eigenvalue weighted by Crippen LogP contribution is 2.30. The van der Waals surface area contributed by atoms with Crippen molar-refractivity contribution in [3.05, 3.63) is 0 Å². The van der Waals surface area contributed by atoms with Crippen molar-refractivity contribution in [2.24, 2.45) is 5.92 Å². The van der Waals surface area contributed by atoms with Gasteiger partial charge in [0.25, 0.3) is 0 Å². The van der Waals surface area contributed by atoms with Crippen molar-refractivity contribution in [3.63, 3.8) is 0 Å². The Morgan fingerprint density at radius 3 is 2.57 bits per heavy atom. The fraction of sp³-hybridized carbons (Fsp3) is 0.909. The van der Waals surface area contributed by atoms with Crippen LogP contribution in [0.2, 0.25) is 0 Å². The van der Waals surface area contributed by atoms with Crippen LogP contribution in [0.1, 0.15) is 40.0 Å². The van der Waals surface area contributed by atoms with Crippen molar-refractivity contribution in [2.75, 3.05) is 0 Å². The van der Waals surface area contributed by atoms with E-state index >= 15 is 0 Å². The first-order valence-electron chi connectivity index (χ1n) is 5.30. The quantitative estimate of drug-likeness (QED) is 0.703. The lowest BCUT2D eigenvalue weighted by atomic mass is 9.83. The first-order valence-corrected chi connectivity index (χ1v) is 5.30. The van der Waals surface area contributed by atoms with Gasteiger partial charge in [-0.2, -0.15) is 0 Å². The number of carbonyl (C=O) groups is 1. The molecular formula is C11H19FO2. The van der Waals surface area contributed by atoms with Crippen molar-refractivity contribution in [1.82, 2.24) is 0 Å². The molecule has 0 saturated heterocycles. The number of hydrogen-bond donors (Lipinski definition) is 0. The van der Waals surface area contributed by atoms with Gasteiger partial charge in [0, 0.05) is 12.3 Å². The number of hydrogen-bond acceptors (Lipinski definition) is 2. The number of ketones is 1. The molecule has 1 fully saturated rings. The molecule has 0 amide bonds. The molecule has 0 aromatic heterocycles. The molecule has 3 heteroatoms. The monoisotopic (exact) mass is 202 g/mol. The van der Waals surface area contributed by atoms with Crippen molar-refractivity contribution < 1.29 is 13.9 Å². The third-order valence-electron chi connectivity index (χ3n) is 2.70. The Kier molecular flexibility index (Phi) is 4.05. The van der Waals surface area contributed by atoms with Crippen LogP contribution in [0.5, 0.6) is 0 Å². The van der Waals surface area contributed by atoms with E-state index in [4.69, 9.17) is 4.74 Å². The van der Waals surface area contributed by atoms with E-state index in [1.807, 2.05) is 13.8 Å². The largest absolute Gasteiger partial charge is 0.375 e. The summed E-state index contributed by atoms with van der Waals surface area (Å²) < 4.78 is 18.7. The number of halogens is 1. The zero-order chi connectivity index (χ0) is 10.7. The number of ether oxygens (including phenoxy) is 1. The fourth-order valence-corrected chi connectivity index (χ4v) is 2.05. The average molecular weight is 202 g/mol. The van der Waals surface area contributed by atoms with Gasteiger partial charge < -0.3 is 4.74 Å². The Morgan fingerprint density at radius 1 is 1.43 bits per heavy atom. The number of alkyl halides is 1. The van der Waals surface area contributed by atoms with E-state index in [2.05, 4.69) is 0 Å². The topological polar surface area (TPSA) is 26.3 Å². The van der Waals surface area contributed by atoms with Crippen LogP contribution in [0.4, 0.5) is 4.39 Å². The van der Waals surface area contributed by atoms with E-state index in [9.17, 15) is 9.18 Å². The van der Waals surface area contributed by atoms with E-state index in [-0.39, 0.29) is 23.9 Å². The lowest BCUT2D eigenvalue weighted by Gasteiger charge is -2.32. The average Bonchev–Trinajstić information content (AvgIpc) is 2.01. The second kappa shape index (κ2) is 4.87. The summed E-state index contributed by atoms with van der Waals surface area (Å²) >= 11 is 0. The molecule has 0 N–H and O–H groups in total. The minimum atomic E-state index is -0.797. The Morgan fingerprint density at radius 2 is 2.07 bits per heavy atom. The minimum absolute atomic E-state index is 0.0622. The fourth-order valence-electron chi connectivity index (χ4n) is 2.05. The Balaban J connectivity index is 2.59. The maximum Gasteiger partial charge on any atom is 0.135 e. The second-order valence-corrected chi connectivity index (χ2v) is 4.35. The maximum atomic E-state index is 13.1. The summed E-state index contributed by atoms with van der Waals surface area (Å²) in [6.07, 6.45) is 0.566.